The maximum atomic E-state index is 13.2. The van der Waals surface area contributed by atoms with Crippen LogP contribution in [-0.2, 0) is 16.6 Å². The number of sulfonamides is 1. The first-order valence-corrected chi connectivity index (χ1v) is 13.5. The van der Waals surface area contributed by atoms with Gasteiger partial charge in [-0.1, -0.05) is 19.4 Å². The van der Waals surface area contributed by atoms with Crippen LogP contribution in [0.15, 0.2) is 51.1 Å². The number of piperidine rings is 1. The third kappa shape index (κ3) is 5.18. The molecule has 1 aliphatic rings. The van der Waals surface area contributed by atoms with Crippen molar-refractivity contribution in [3.63, 3.8) is 0 Å². The molecule has 4 rings (SSSR count). The summed E-state index contributed by atoms with van der Waals surface area (Å²) in [6.45, 7) is 5.17. The summed E-state index contributed by atoms with van der Waals surface area (Å²) in [7, 11) is -3.58. The first kappa shape index (κ1) is 23.6. The summed E-state index contributed by atoms with van der Waals surface area (Å²) in [5.41, 5.74) is 0.423. The standard InChI is InChI=1S/C23H28N4O4S2/c1-3-13-26(16-21-24-25-22(31-21)20-8-6-15-32-20)23(28)18-9-11-19(12-10-18)33(29,30)27-14-5-4-7-17(27)2/h6,8-12,15,17H,3-5,7,13-14,16H2,1-2H3/t17-/m1/s1. The number of amides is 1. The summed E-state index contributed by atoms with van der Waals surface area (Å²) in [5, 5.41) is 10.1. The third-order valence-corrected chi connectivity index (χ3v) is 8.64. The number of thiophene rings is 1. The van der Waals surface area contributed by atoms with Gasteiger partial charge < -0.3 is 9.32 Å². The van der Waals surface area contributed by atoms with Crippen molar-refractivity contribution in [3.8, 4) is 10.8 Å². The van der Waals surface area contributed by atoms with Gasteiger partial charge in [-0.15, -0.1) is 21.5 Å². The fourth-order valence-corrected chi connectivity index (χ4v) is 6.36. The number of benzene rings is 1. The Labute approximate surface area is 198 Å². The highest BCUT2D eigenvalue weighted by Gasteiger charge is 2.31. The molecule has 0 aliphatic carbocycles. The van der Waals surface area contributed by atoms with Crippen molar-refractivity contribution >= 4 is 27.3 Å². The molecular weight excluding hydrogens is 460 g/mol. The second-order valence-electron chi connectivity index (χ2n) is 8.19. The van der Waals surface area contributed by atoms with E-state index in [1.165, 1.54) is 23.5 Å². The summed E-state index contributed by atoms with van der Waals surface area (Å²) < 4.78 is 33.4. The maximum Gasteiger partial charge on any atom is 0.257 e. The van der Waals surface area contributed by atoms with Gasteiger partial charge in [-0.3, -0.25) is 4.79 Å². The smallest absolute Gasteiger partial charge is 0.257 e. The minimum Gasteiger partial charge on any atom is -0.418 e. The van der Waals surface area contributed by atoms with E-state index in [0.29, 0.717) is 30.4 Å². The highest BCUT2D eigenvalue weighted by Crippen LogP contribution is 2.26. The number of aromatic nitrogens is 2. The van der Waals surface area contributed by atoms with Crippen LogP contribution < -0.4 is 0 Å². The predicted octanol–water partition coefficient (Wildman–Crippen LogP) is 4.41. The van der Waals surface area contributed by atoms with Gasteiger partial charge in [0, 0.05) is 24.7 Å². The van der Waals surface area contributed by atoms with E-state index in [4.69, 9.17) is 4.42 Å². The van der Waals surface area contributed by atoms with Gasteiger partial charge in [-0.2, -0.15) is 4.31 Å². The largest absolute Gasteiger partial charge is 0.418 e. The molecule has 0 N–H and O–H groups in total. The quantitative estimate of drug-likeness (QED) is 0.466. The van der Waals surface area contributed by atoms with Crippen LogP contribution in [0.4, 0.5) is 0 Å². The van der Waals surface area contributed by atoms with Crippen LogP contribution in [0.5, 0.6) is 0 Å². The minimum atomic E-state index is -3.58. The first-order valence-electron chi connectivity index (χ1n) is 11.2. The molecule has 0 unspecified atom stereocenters. The third-order valence-electron chi connectivity index (χ3n) is 5.76. The van der Waals surface area contributed by atoms with Gasteiger partial charge >= 0.3 is 0 Å². The van der Waals surface area contributed by atoms with Crippen LogP contribution in [0.1, 0.15) is 55.8 Å². The number of hydrogen-bond donors (Lipinski definition) is 0. The van der Waals surface area contributed by atoms with Crippen molar-refractivity contribution in [1.82, 2.24) is 19.4 Å². The number of carbonyl (C=O) groups is 1. The van der Waals surface area contributed by atoms with Crippen molar-refractivity contribution in [3.05, 3.63) is 53.2 Å². The van der Waals surface area contributed by atoms with Crippen molar-refractivity contribution in [2.75, 3.05) is 13.1 Å². The molecule has 10 heteroatoms. The lowest BCUT2D eigenvalue weighted by molar-refractivity contribution is 0.0728. The zero-order valence-corrected chi connectivity index (χ0v) is 20.4. The fraction of sp³-hybridized carbons (Fsp3) is 0.435. The van der Waals surface area contributed by atoms with E-state index in [1.54, 1.807) is 21.3 Å². The lowest BCUT2D eigenvalue weighted by Gasteiger charge is -2.32. The highest BCUT2D eigenvalue weighted by atomic mass is 32.2. The van der Waals surface area contributed by atoms with Crippen molar-refractivity contribution in [2.24, 2.45) is 0 Å². The molecule has 2 aromatic heterocycles. The molecule has 0 spiro atoms. The van der Waals surface area contributed by atoms with Gasteiger partial charge in [-0.25, -0.2) is 8.42 Å². The van der Waals surface area contributed by atoms with Crippen LogP contribution in [0, 0.1) is 0 Å². The molecule has 3 heterocycles. The van der Waals surface area contributed by atoms with Gasteiger partial charge in [0.2, 0.25) is 15.9 Å². The predicted molar refractivity (Wildman–Crippen MR) is 126 cm³/mol. The molecule has 0 saturated carbocycles. The van der Waals surface area contributed by atoms with Gasteiger partial charge in [0.25, 0.3) is 11.8 Å². The number of nitrogens with zero attached hydrogens (tertiary/aromatic N) is 4. The van der Waals surface area contributed by atoms with Gasteiger partial charge in [-0.05, 0) is 61.9 Å². The molecule has 0 radical (unpaired) electrons. The van der Waals surface area contributed by atoms with Crippen molar-refractivity contribution in [1.29, 1.82) is 0 Å². The minimum absolute atomic E-state index is 0.0152. The summed E-state index contributed by atoms with van der Waals surface area (Å²) in [6.07, 6.45) is 3.54. The van der Waals surface area contributed by atoms with E-state index in [0.717, 1.165) is 30.6 Å². The summed E-state index contributed by atoms with van der Waals surface area (Å²) in [5.74, 6) is 0.590. The number of carbonyl (C=O) groups excluding carboxylic acids is 1. The SMILES string of the molecule is CCCN(Cc1nnc(-c2cccs2)o1)C(=O)c1ccc(S(=O)(=O)N2CCCC[C@H]2C)cc1. The maximum absolute atomic E-state index is 13.2. The van der Waals surface area contributed by atoms with E-state index in [2.05, 4.69) is 10.2 Å². The molecule has 1 amide bonds. The topological polar surface area (TPSA) is 96.6 Å². The molecule has 1 fully saturated rings. The summed E-state index contributed by atoms with van der Waals surface area (Å²) in [4.78, 5) is 15.9. The van der Waals surface area contributed by atoms with Crippen molar-refractivity contribution < 1.29 is 17.6 Å². The number of hydrogen-bond acceptors (Lipinski definition) is 7. The van der Waals surface area contributed by atoms with E-state index < -0.39 is 10.0 Å². The molecule has 1 aromatic carbocycles. The van der Waals surface area contributed by atoms with Crippen LogP contribution in [0.3, 0.4) is 0 Å². The monoisotopic (exact) mass is 488 g/mol. The first-order chi connectivity index (χ1) is 15.9. The normalized spacial score (nSPS) is 17.2. The molecule has 3 aromatic rings. The molecular formula is C23H28N4O4S2. The Morgan fingerprint density at radius 2 is 2.00 bits per heavy atom. The average molecular weight is 489 g/mol. The highest BCUT2D eigenvalue weighted by molar-refractivity contribution is 7.89. The van der Waals surface area contributed by atoms with E-state index in [-0.39, 0.29) is 23.4 Å². The summed E-state index contributed by atoms with van der Waals surface area (Å²) in [6, 6.07) is 10.0. The molecule has 8 nitrogen and oxygen atoms in total. The Bertz CT molecular complexity index is 1170. The van der Waals surface area contributed by atoms with Crippen LogP contribution in [0.2, 0.25) is 0 Å². The van der Waals surface area contributed by atoms with Crippen LogP contribution >= 0.6 is 11.3 Å². The van der Waals surface area contributed by atoms with Gasteiger partial charge in [0.15, 0.2) is 0 Å². The van der Waals surface area contributed by atoms with E-state index >= 15 is 0 Å². The van der Waals surface area contributed by atoms with Crippen molar-refractivity contribution in [2.45, 2.75) is 57.0 Å². The van der Waals surface area contributed by atoms with Gasteiger partial charge in [0.05, 0.1) is 16.3 Å². The Hall–Kier alpha value is -2.56. The zero-order chi connectivity index (χ0) is 23.4. The van der Waals surface area contributed by atoms with Crippen LogP contribution in [-0.4, -0.2) is 52.9 Å². The van der Waals surface area contributed by atoms with Crippen LogP contribution in [0.25, 0.3) is 10.8 Å². The zero-order valence-electron chi connectivity index (χ0n) is 18.8. The molecule has 1 saturated heterocycles. The lowest BCUT2D eigenvalue weighted by Crippen LogP contribution is -2.41. The lowest BCUT2D eigenvalue weighted by atomic mass is 10.1. The molecule has 176 valence electrons. The average Bonchev–Trinajstić information content (AvgIpc) is 3.51. The Morgan fingerprint density at radius 3 is 2.67 bits per heavy atom. The second-order valence-corrected chi connectivity index (χ2v) is 11.0. The van der Waals surface area contributed by atoms with E-state index in [9.17, 15) is 13.2 Å². The van der Waals surface area contributed by atoms with Gasteiger partial charge in [0.1, 0.15) is 0 Å². The molecule has 1 aliphatic heterocycles. The number of rotatable bonds is 8. The molecule has 0 bridgehead atoms. The Kier molecular flexibility index (Phi) is 7.26. The molecule has 33 heavy (non-hydrogen) atoms. The second kappa shape index (κ2) is 10.1. The van der Waals surface area contributed by atoms with E-state index in [1.807, 2.05) is 31.4 Å². The fourth-order valence-electron chi connectivity index (χ4n) is 4.02. The Morgan fingerprint density at radius 1 is 1.21 bits per heavy atom. The Balaban J connectivity index is 1.49. The molecule has 1 atom stereocenters. The summed E-state index contributed by atoms with van der Waals surface area (Å²) >= 11 is 1.51.